The summed E-state index contributed by atoms with van der Waals surface area (Å²) in [6.07, 6.45) is 5.52. The number of carbonyl (C=O) groups excluding carboxylic acids is 2. The summed E-state index contributed by atoms with van der Waals surface area (Å²) >= 11 is 0. The van der Waals surface area contributed by atoms with Crippen LogP contribution in [0.5, 0.6) is 0 Å². The fourth-order valence-electron chi connectivity index (χ4n) is 1.64. The van der Waals surface area contributed by atoms with Crippen molar-refractivity contribution in [3.05, 3.63) is 0 Å². The molecular weight excluding hydrogens is 232 g/mol. The van der Waals surface area contributed by atoms with Crippen LogP contribution in [0.4, 0.5) is 4.79 Å². The van der Waals surface area contributed by atoms with Gasteiger partial charge in [0.25, 0.3) is 0 Å². The van der Waals surface area contributed by atoms with E-state index in [1.165, 1.54) is 0 Å². The quantitative estimate of drug-likeness (QED) is 0.555. The molecule has 0 aromatic heterocycles. The second kappa shape index (κ2) is 12.4. The van der Waals surface area contributed by atoms with Crippen LogP contribution in [0.15, 0.2) is 0 Å². The van der Waals surface area contributed by atoms with Crippen LogP contribution >= 0.6 is 0 Å². The standard InChI is InChI=1S/C13H26N2O3/c1-3-18-13(17)15-10-8-6-4-5-7-9-12(16)11-14-2/h14H,3-11H2,1-2H3,(H,15,17). The van der Waals surface area contributed by atoms with Gasteiger partial charge in [-0.25, -0.2) is 4.79 Å². The first-order chi connectivity index (χ1) is 8.70. The van der Waals surface area contributed by atoms with Crippen LogP contribution in [0.2, 0.25) is 0 Å². The minimum absolute atomic E-state index is 0.279. The van der Waals surface area contributed by atoms with Crippen LogP contribution in [0, 0.1) is 0 Å². The van der Waals surface area contributed by atoms with Gasteiger partial charge < -0.3 is 15.4 Å². The molecule has 1 amide bonds. The third kappa shape index (κ3) is 11.4. The molecule has 0 aliphatic rings. The molecule has 5 heteroatoms. The zero-order valence-electron chi connectivity index (χ0n) is 11.6. The number of unbranched alkanes of at least 4 members (excludes halogenated alkanes) is 4. The Labute approximate surface area is 110 Å². The van der Waals surface area contributed by atoms with Crippen LogP contribution < -0.4 is 10.6 Å². The van der Waals surface area contributed by atoms with Crippen LogP contribution in [-0.4, -0.2) is 38.6 Å². The highest BCUT2D eigenvalue weighted by atomic mass is 16.5. The van der Waals surface area contributed by atoms with Crippen molar-refractivity contribution >= 4 is 11.9 Å². The molecule has 0 heterocycles. The first-order valence-electron chi connectivity index (χ1n) is 6.77. The number of hydrogen-bond acceptors (Lipinski definition) is 4. The second-order valence-corrected chi connectivity index (χ2v) is 4.23. The summed E-state index contributed by atoms with van der Waals surface area (Å²) in [6.45, 7) is 3.34. The molecule has 0 rings (SSSR count). The molecule has 0 aromatic carbocycles. The van der Waals surface area contributed by atoms with Crippen LogP contribution in [0.25, 0.3) is 0 Å². The van der Waals surface area contributed by atoms with Crippen molar-refractivity contribution in [1.82, 2.24) is 10.6 Å². The third-order valence-electron chi connectivity index (χ3n) is 2.55. The summed E-state index contributed by atoms with van der Waals surface area (Å²) in [7, 11) is 1.79. The molecule has 0 bridgehead atoms. The minimum atomic E-state index is -0.338. The molecule has 0 radical (unpaired) electrons. The smallest absolute Gasteiger partial charge is 0.407 e. The number of hydrogen-bond donors (Lipinski definition) is 2. The molecule has 0 unspecified atom stereocenters. The lowest BCUT2D eigenvalue weighted by atomic mass is 10.1. The van der Waals surface area contributed by atoms with Crippen LogP contribution in [0.1, 0.15) is 45.4 Å². The van der Waals surface area contributed by atoms with Gasteiger partial charge in [0.15, 0.2) is 0 Å². The average Bonchev–Trinajstić information content (AvgIpc) is 2.33. The summed E-state index contributed by atoms with van der Waals surface area (Å²) in [5, 5.41) is 5.54. The van der Waals surface area contributed by atoms with Crippen molar-refractivity contribution in [3.63, 3.8) is 0 Å². The molecule has 18 heavy (non-hydrogen) atoms. The third-order valence-corrected chi connectivity index (χ3v) is 2.55. The molecule has 0 aliphatic carbocycles. The number of ether oxygens (including phenoxy) is 1. The number of likely N-dealkylation sites (N-methyl/N-ethyl adjacent to an activating group) is 1. The van der Waals surface area contributed by atoms with Gasteiger partial charge in [0, 0.05) is 13.0 Å². The van der Waals surface area contributed by atoms with E-state index in [2.05, 4.69) is 10.6 Å². The van der Waals surface area contributed by atoms with E-state index < -0.39 is 0 Å². The Hall–Kier alpha value is -1.10. The molecule has 0 saturated carbocycles. The zero-order chi connectivity index (χ0) is 13.6. The lowest BCUT2D eigenvalue weighted by Gasteiger charge is -2.05. The van der Waals surface area contributed by atoms with E-state index in [-0.39, 0.29) is 11.9 Å². The predicted octanol–water partition coefficient (Wildman–Crippen LogP) is 1.86. The normalized spacial score (nSPS) is 10.1. The Morgan fingerprint density at radius 2 is 1.72 bits per heavy atom. The zero-order valence-corrected chi connectivity index (χ0v) is 11.6. The lowest BCUT2D eigenvalue weighted by molar-refractivity contribution is -0.118. The van der Waals surface area contributed by atoms with E-state index in [9.17, 15) is 9.59 Å². The van der Waals surface area contributed by atoms with Gasteiger partial charge in [0.1, 0.15) is 5.78 Å². The molecular formula is C13H26N2O3. The number of rotatable bonds is 11. The van der Waals surface area contributed by atoms with Crippen molar-refractivity contribution in [3.8, 4) is 0 Å². The van der Waals surface area contributed by atoms with Crippen molar-refractivity contribution in [2.24, 2.45) is 0 Å². The maximum absolute atomic E-state index is 11.2. The van der Waals surface area contributed by atoms with E-state index in [4.69, 9.17) is 4.74 Å². The van der Waals surface area contributed by atoms with Gasteiger partial charge >= 0.3 is 6.09 Å². The van der Waals surface area contributed by atoms with Crippen molar-refractivity contribution in [1.29, 1.82) is 0 Å². The van der Waals surface area contributed by atoms with E-state index in [0.717, 1.165) is 32.1 Å². The number of ketones is 1. The monoisotopic (exact) mass is 258 g/mol. The Bertz CT molecular complexity index is 208. The first-order valence-corrected chi connectivity index (χ1v) is 6.77. The predicted molar refractivity (Wildman–Crippen MR) is 71.7 cm³/mol. The molecule has 0 aliphatic heterocycles. The molecule has 0 atom stereocenters. The summed E-state index contributed by atoms with van der Waals surface area (Å²) in [5.41, 5.74) is 0. The van der Waals surface area contributed by atoms with Crippen molar-refractivity contribution < 1.29 is 14.3 Å². The van der Waals surface area contributed by atoms with Gasteiger partial charge in [-0.1, -0.05) is 19.3 Å². The number of Topliss-reactive ketones (excluding diaryl/α,β-unsaturated/α-hetero) is 1. The first kappa shape index (κ1) is 16.9. The maximum Gasteiger partial charge on any atom is 0.407 e. The molecule has 5 nitrogen and oxygen atoms in total. The minimum Gasteiger partial charge on any atom is -0.450 e. The Balaban J connectivity index is 3.16. The Kier molecular flexibility index (Phi) is 11.6. The molecule has 0 fully saturated rings. The van der Waals surface area contributed by atoms with Gasteiger partial charge in [-0.05, 0) is 26.8 Å². The average molecular weight is 258 g/mol. The fourth-order valence-corrected chi connectivity index (χ4v) is 1.64. The fraction of sp³-hybridized carbons (Fsp3) is 0.846. The van der Waals surface area contributed by atoms with E-state index >= 15 is 0 Å². The van der Waals surface area contributed by atoms with E-state index in [1.807, 2.05) is 0 Å². The number of carbonyl (C=O) groups is 2. The SMILES string of the molecule is CCOC(=O)NCCCCCCCC(=O)CNC. The lowest BCUT2D eigenvalue weighted by Crippen LogP contribution is -2.25. The highest BCUT2D eigenvalue weighted by Crippen LogP contribution is 2.05. The van der Waals surface area contributed by atoms with Crippen molar-refractivity contribution in [2.45, 2.75) is 45.4 Å². The Morgan fingerprint density at radius 1 is 1.06 bits per heavy atom. The van der Waals surface area contributed by atoms with E-state index in [1.54, 1.807) is 14.0 Å². The molecule has 0 spiro atoms. The highest BCUT2D eigenvalue weighted by Gasteiger charge is 2.00. The second-order valence-electron chi connectivity index (χ2n) is 4.23. The molecule has 106 valence electrons. The molecule has 2 N–H and O–H groups in total. The number of nitrogens with one attached hydrogen (secondary N) is 2. The summed E-state index contributed by atoms with van der Waals surface area (Å²) in [4.78, 5) is 22.1. The maximum atomic E-state index is 11.2. The van der Waals surface area contributed by atoms with E-state index in [0.29, 0.717) is 26.1 Å². The van der Waals surface area contributed by atoms with Crippen LogP contribution in [-0.2, 0) is 9.53 Å². The van der Waals surface area contributed by atoms with Crippen molar-refractivity contribution in [2.75, 3.05) is 26.7 Å². The van der Waals surface area contributed by atoms with Gasteiger partial charge in [0.2, 0.25) is 0 Å². The van der Waals surface area contributed by atoms with Gasteiger partial charge in [-0.3, -0.25) is 4.79 Å². The number of alkyl carbamates (subject to hydrolysis) is 1. The largest absolute Gasteiger partial charge is 0.450 e. The summed E-state index contributed by atoms with van der Waals surface area (Å²) in [6, 6.07) is 0. The van der Waals surface area contributed by atoms with Gasteiger partial charge in [-0.15, -0.1) is 0 Å². The summed E-state index contributed by atoms with van der Waals surface area (Å²) < 4.78 is 4.74. The molecule has 0 aromatic rings. The topological polar surface area (TPSA) is 67.4 Å². The van der Waals surface area contributed by atoms with Gasteiger partial charge in [-0.2, -0.15) is 0 Å². The molecule has 0 saturated heterocycles. The Morgan fingerprint density at radius 3 is 2.39 bits per heavy atom. The van der Waals surface area contributed by atoms with Gasteiger partial charge in [0.05, 0.1) is 13.2 Å². The number of amides is 1. The summed E-state index contributed by atoms with van der Waals surface area (Å²) in [5.74, 6) is 0.279. The van der Waals surface area contributed by atoms with Crippen LogP contribution in [0.3, 0.4) is 0 Å². The highest BCUT2D eigenvalue weighted by molar-refractivity contribution is 5.80.